The van der Waals surface area contributed by atoms with Gasteiger partial charge in [0.25, 0.3) is 6.71 Å². The van der Waals surface area contributed by atoms with Gasteiger partial charge in [-0.15, -0.1) is 0 Å². The van der Waals surface area contributed by atoms with E-state index < -0.39 is 0 Å². The van der Waals surface area contributed by atoms with E-state index in [9.17, 15) is 0 Å². The van der Waals surface area contributed by atoms with Crippen molar-refractivity contribution >= 4 is 45.4 Å². The predicted molar refractivity (Wildman–Crippen MR) is 188 cm³/mol. The van der Waals surface area contributed by atoms with Crippen LogP contribution in [0.4, 0.5) is 11.4 Å². The number of nitrogens with zero attached hydrogens (tertiary/aromatic N) is 2. The van der Waals surface area contributed by atoms with Crippen LogP contribution < -0.4 is 21.3 Å². The first-order valence-electron chi connectivity index (χ1n) is 15.5. The molecule has 0 N–H and O–H groups in total. The lowest BCUT2D eigenvalue weighted by molar-refractivity contribution is 1.04. The highest BCUT2D eigenvalue weighted by molar-refractivity contribution is 7.00. The number of rotatable bonds is 3. The molecular weight excluding hydrogens is 531 g/mol. The van der Waals surface area contributed by atoms with Crippen molar-refractivity contribution in [1.82, 2.24) is 4.57 Å². The molecule has 0 aliphatic carbocycles. The summed E-state index contributed by atoms with van der Waals surface area (Å²) in [7, 11) is 2.24. The van der Waals surface area contributed by atoms with E-state index in [1.54, 1.807) is 0 Å². The van der Waals surface area contributed by atoms with Gasteiger partial charge >= 0.3 is 0 Å². The van der Waals surface area contributed by atoms with Crippen LogP contribution in [0.15, 0.2) is 133 Å². The van der Waals surface area contributed by atoms with Crippen LogP contribution >= 0.6 is 0 Å². The topological polar surface area (TPSA) is 8.17 Å². The van der Waals surface area contributed by atoms with Gasteiger partial charge in [-0.25, -0.2) is 0 Å². The van der Waals surface area contributed by atoms with E-state index in [2.05, 4.69) is 164 Å². The lowest BCUT2D eigenvalue weighted by atomic mass is 9.33. The summed E-state index contributed by atoms with van der Waals surface area (Å²) >= 11 is 0. The molecular formula is C41H31BN2. The summed E-state index contributed by atoms with van der Waals surface area (Å²) in [5, 5.41) is 1.34. The van der Waals surface area contributed by atoms with Crippen molar-refractivity contribution in [3.63, 3.8) is 0 Å². The first kappa shape index (κ1) is 25.2. The fourth-order valence-electron chi connectivity index (χ4n) is 7.73. The van der Waals surface area contributed by atoms with Crippen LogP contribution in [0.2, 0.25) is 0 Å². The number of anilines is 2. The molecule has 6 aromatic carbocycles. The highest BCUT2D eigenvalue weighted by Crippen LogP contribution is 2.40. The second-order valence-corrected chi connectivity index (χ2v) is 12.3. The van der Waals surface area contributed by atoms with E-state index in [-0.39, 0.29) is 6.71 Å². The Hall–Kier alpha value is -5.28. The van der Waals surface area contributed by atoms with Gasteiger partial charge in [-0.2, -0.15) is 0 Å². The zero-order valence-corrected chi connectivity index (χ0v) is 25.2. The van der Waals surface area contributed by atoms with Crippen LogP contribution in [0, 0.1) is 13.8 Å². The molecule has 0 saturated heterocycles. The summed E-state index contributed by atoms with van der Waals surface area (Å²) in [4.78, 5) is 2.42. The molecule has 1 aromatic heterocycles. The molecule has 2 aliphatic rings. The second-order valence-electron chi connectivity index (χ2n) is 12.3. The third-order valence-corrected chi connectivity index (χ3v) is 10.0. The summed E-state index contributed by atoms with van der Waals surface area (Å²) < 4.78 is 2.55. The first-order chi connectivity index (χ1) is 21.6. The monoisotopic (exact) mass is 562 g/mol. The van der Waals surface area contributed by atoms with E-state index in [0.717, 1.165) is 0 Å². The van der Waals surface area contributed by atoms with Gasteiger partial charge in [0.1, 0.15) is 0 Å². The Morgan fingerprint density at radius 1 is 0.477 bits per heavy atom. The molecule has 0 unspecified atom stereocenters. The number of fused-ring (bicyclic) bond motifs is 4. The van der Waals surface area contributed by atoms with Crippen LogP contribution in [0.3, 0.4) is 0 Å². The van der Waals surface area contributed by atoms with Crippen LogP contribution in [0.5, 0.6) is 0 Å². The molecule has 2 nitrogen and oxygen atoms in total. The van der Waals surface area contributed by atoms with Gasteiger partial charge in [0.2, 0.25) is 0 Å². The van der Waals surface area contributed by atoms with Crippen LogP contribution in [-0.4, -0.2) is 18.3 Å². The number of hydrogen-bond acceptors (Lipinski definition) is 1. The molecule has 0 fully saturated rings. The number of benzene rings is 6. The third-order valence-electron chi connectivity index (χ3n) is 10.0. The number of hydrogen-bond donors (Lipinski definition) is 0. The Morgan fingerprint density at radius 2 is 1.02 bits per heavy atom. The highest BCUT2D eigenvalue weighted by atomic mass is 15.1. The third kappa shape index (κ3) is 3.50. The maximum Gasteiger partial charge on any atom is 0.252 e. The molecule has 0 saturated carbocycles. The molecule has 44 heavy (non-hydrogen) atoms. The number of aromatic nitrogens is 1. The smallest absolute Gasteiger partial charge is 0.252 e. The fourth-order valence-corrected chi connectivity index (χ4v) is 7.73. The zero-order chi connectivity index (χ0) is 29.5. The summed E-state index contributed by atoms with van der Waals surface area (Å²) in [6.45, 7) is 4.70. The quantitative estimate of drug-likeness (QED) is 0.197. The lowest BCUT2D eigenvalue weighted by Gasteiger charge is -2.39. The molecule has 9 rings (SSSR count). The van der Waals surface area contributed by atoms with E-state index in [1.165, 1.54) is 89.0 Å². The van der Waals surface area contributed by atoms with Crippen molar-refractivity contribution in [2.75, 3.05) is 11.9 Å². The second kappa shape index (κ2) is 9.36. The van der Waals surface area contributed by atoms with Crippen LogP contribution in [0.25, 0.3) is 50.0 Å². The van der Waals surface area contributed by atoms with Gasteiger partial charge in [0.05, 0.1) is 0 Å². The van der Waals surface area contributed by atoms with Gasteiger partial charge in [0.15, 0.2) is 0 Å². The zero-order valence-electron chi connectivity index (χ0n) is 25.2. The molecule has 3 heteroatoms. The summed E-state index contributed by atoms with van der Waals surface area (Å²) in [6, 6.07) is 49.2. The maximum absolute atomic E-state index is 2.55. The molecule has 7 aromatic rings. The molecule has 0 spiro atoms. The lowest BCUT2D eigenvalue weighted by Crippen LogP contribution is -2.60. The fraction of sp³-hybridized carbons (Fsp3) is 0.0732. The van der Waals surface area contributed by atoms with Crippen LogP contribution in [-0.2, 0) is 0 Å². The maximum atomic E-state index is 2.55. The van der Waals surface area contributed by atoms with Crippen LogP contribution in [0.1, 0.15) is 11.3 Å². The van der Waals surface area contributed by atoms with Gasteiger partial charge in [-0.05, 0) is 93.4 Å². The Balaban J connectivity index is 1.41. The van der Waals surface area contributed by atoms with Crippen molar-refractivity contribution in [2.45, 2.75) is 13.8 Å². The molecule has 0 bridgehead atoms. The normalized spacial score (nSPS) is 12.8. The van der Waals surface area contributed by atoms with Gasteiger partial charge in [-0.3, -0.25) is 0 Å². The summed E-state index contributed by atoms with van der Waals surface area (Å²) in [5.74, 6) is 0. The summed E-state index contributed by atoms with van der Waals surface area (Å²) in [5.41, 5.74) is 19.5. The molecule has 3 heterocycles. The van der Waals surface area contributed by atoms with E-state index in [4.69, 9.17) is 0 Å². The average molecular weight is 563 g/mol. The standard InChI is InChI=1S/C41H31BN2/c1-26-27(2)44-39-25-33(30-17-11-6-12-18-30)24-38-40(39)42(36-23-32(21-34(26)41(36)44)29-15-9-5-10-16-29)35-22-31(19-20-37(35)43(38)3)28-13-7-4-8-14-28/h4-25H,1-3H3. The Morgan fingerprint density at radius 3 is 1.66 bits per heavy atom. The van der Waals surface area contributed by atoms with Crippen molar-refractivity contribution in [3.05, 3.63) is 145 Å². The SMILES string of the molecule is Cc1c(C)n2c3c(cc(-c4ccccc4)cc13)B1c3cc(-c4ccccc4)ccc3N(C)c3cc(-c4ccccc4)cc-2c31. The van der Waals surface area contributed by atoms with Crippen molar-refractivity contribution in [3.8, 4) is 39.1 Å². The number of aryl methyl sites for hydroxylation is 1. The average Bonchev–Trinajstić information content (AvgIpc) is 3.34. The predicted octanol–water partition coefficient (Wildman–Crippen LogP) is 8.16. The van der Waals surface area contributed by atoms with E-state index >= 15 is 0 Å². The minimum absolute atomic E-state index is 0.118. The minimum Gasteiger partial charge on any atom is -0.345 e. The van der Waals surface area contributed by atoms with Gasteiger partial charge < -0.3 is 9.47 Å². The Kier molecular flexibility index (Phi) is 5.37. The molecule has 2 aliphatic heterocycles. The van der Waals surface area contributed by atoms with E-state index in [1.807, 2.05) is 0 Å². The largest absolute Gasteiger partial charge is 0.345 e. The van der Waals surface area contributed by atoms with Gasteiger partial charge in [0, 0.05) is 40.7 Å². The van der Waals surface area contributed by atoms with Crippen molar-refractivity contribution < 1.29 is 0 Å². The first-order valence-corrected chi connectivity index (χ1v) is 15.5. The van der Waals surface area contributed by atoms with Gasteiger partial charge in [-0.1, -0.05) is 109 Å². The molecule has 0 radical (unpaired) electrons. The molecule has 0 atom stereocenters. The molecule has 208 valence electrons. The molecule has 0 amide bonds. The summed E-state index contributed by atoms with van der Waals surface area (Å²) in [6.07, 6.45) is 0. The van der Waals surface area contributed by atoms with E-state index in [0.29, 0.717) is 0 Å². The highest BCUT2D eigenvalue weighted by Gasteiger charge is 2.41. The van der Waals surface area contributed by atoms with Crippen molar-refractivity contribution in [1.29, 1.82) is 0 Å². The van der Waals surface area contributed by atoms with Crippen molar-refractivity contribution in [2.24, 2.45) is 0 Å². The Bertz CT molecular complexity index is 2250. The Labute approximate surface area is 258 Å². The minimum atomic E-state index is 0.118.